The molecular weight excluding hydrogens is 272 g/mol. The number of hydrogen-bond donors (Lipinski definition) is 2. The number of phenols is 1. The van der Waals surface area contributed by atoms with Crippen molar-refractivity contribution in [1.82, 2.24) is 10.2 Å². The third kappa shape index (κ3) is 3.16. The van der Waals surface area contributed by atoms with E-state index < -0.39 is 0 Å². The largest absolute Gasteiger partial charge is 0.504 e. The molecule has 2 amide bonds. The number of amides is 2. The Kier molecular flexibility index (Phi) is 4.47. The molecule has 1 fully saturated rings. The zero-order chi connectivity index (χ0) is 15.6. The van der Waals surface area contributed by atoms with Crippen LogP contribution in [0.5, 0.6) is 11.5 Å². The van der Waals surface area contributed by atoms with Crippen molar-refractivity contribution in [2.75, 3.05) is 14.2 Å². The standard InChI is InChI=1S/C15H20N2O4/c1-9(10-4-6-12(18)13(8-10)21-3)16-11-5-7-14(19)17(2)15(11)20/h4,6,8-9,11,16,18H,5,7H2,1-3H3. The van der Waals surface area contributed by atoms with Gasteiger partial charge in [0.05, 0.1) is 13.2 Å². The van der Waals surface area contributed by atoms with Crippen LogP contribution in [0.15, 0.2) is 18.2 Å². The summed E-state index contributed by atoms with van der Waals surface area (Å²) in [5.74, 6) is 0.122. The molecular formula is C15H20N2O4. The Morgan fingerprint density at radius 1 is 1.43 bits per heavy atom. The second kappa shape index (κ2) is 6.13. The van der Waals surface area contributed by atoms with Crippen LogP contribution in [0.4, 0.5) is 0 Å². The van der Waals surface area contributed by atoms with Crippen molar-refractivity contribution in [3.05, 3.63) is 23.8 Å². The molecule has 0 aliphatic carbocycles. The van der Waals surface area contributed by atoms with Gasteiger partial charge in [0.2, 0.25) is 11.8 Å². The van der Waals surface area contributed by atoms with E-state index in [1.54, 1.807) is 18.2 Å². The minimum Gasteiger partial charge on any atom is -0.504 e. The maximum absolute atomic E-state index is 12.1. The van der Waals surface area contributed by atoms with Gasteiger partial charge >= 0.3 is 0 Å². The van der Waals surface area contributed by atoms with Gasteiger partial charge in [-0.15, -0.1) is 0 Å². The molecule has 1 aromatic rings. The van der Waals surface area contributed by atoms with Crippen molar-refractivity contribution >= 4 is 11.8 Å². The fourth-order valence-electron chi connectivity index (χ4n) is 2.43. The van der Waals surface area contributed by atoms with E-state index in [0.29, 0.717) is 18.6 Å². The molecule has 0 spiro atoms. The van der Waals surface area contributed by atoms with Crippen LogP contribution in [0, 0.1) is 0 Å². The molecule has 114 valence electrons. The summed E-state index contributed by atoms with van der Waals surface area (Å²) in [6.07, 6.45) is 0.868. The Balaban J connectivity index is 2.09. The smallest absolute Gasteiger partial charge is 0.246 e. The number of methoxy groups -OCH3 is 1. The topological polar surface area (TPSA) is 78.9 Å². The SMILES string of the molecule is COc1cc(C(C)NC2CCC(=O)N(C)C2=O)ccc1O. The quantitative estimate of drug-likeness (QED) is 0.815. The molecule has 2 atom stereocenters. The van der Waals surface area contributed by atoms with Crippen LogP contribution in [-0.2, 0) is 9.59 Å². The van der Waals surface area contributed by atoms with Crippen LogP contribution in [0.25, 0.3) is 0 Å². The lowest BCUT2D eigenvalue weighted by atomic mass is 10.0. The van der Waals surface area contributed by atoms with Gasteiger partial charge in [-0.2, -0.15) is 0 Å². The number of carbonyl (C=O) groups excluding carboxylic acids is 2. The molecule has 1 aliphatic rings. The number of aromatic hydroxyl groups is 1. The molecule has 1 aliphatic heterocycles. The van der Waals surface area contributed by atoms with Crippen LogP contribution < -0.4 is 10.1 Å². The molecule has 21 heavy (non-hydrogen) atoms. The summed E-state index contributed by atoms with van der Waals surface area (Å²) in [4.78, 5) is 24.7. The lowest BCUT2D eigenvalue weighted by molar-refractivity contribution is -0.148. The summed E-state index contributed by atoms with van der Waals surface area (Å²) >= 11 is 0. The fourth-order valence-corrected chi connectivity index (χ4v) is 2.43. The fraction of sp³-hybridized carbons (Fsp3) is 0.467. The van der Waals surface area contributed by atoms with Crippen molar-refractivity contribution in [2.45, 2.75) is 31.8 Å². The van der Waals surface area contributed by atoms with E-state index in [-0.39, 0.29) is 29.6 Å². The number of likely N-dealkylation sites (tertiary alicyclic amines) is 1. The lowest BCUT2D eigenvalue weighted by Gasteiger charge is -2.30. The average molecular weight is 292 g/mol. The minimum atomic E-state index is -0.373. The third-order valence-electron chi connectivity index (χ3n) is 3.80. The van der Waals surface area contributed by atoms with Crippen LogP contribution >= 0.6 is 0 Å². The molecule has 2 N–H and O–H groups in total. The second-order valence-electron chi connectivity index (χ2n) is 5.20. The van der Waals surface area contributed by atoms with E-state index in [1.807, 2.05) is 6.92 Å². The summed E-state index contributed by atoms with van der Waals surface area (Å²) in [5.41, 5.74) is 0.900. The molecule has 0 aromatic heterocycles. The van der Waals surface area contributed by atoms with E-state index in [0.717, 1.165) is 5.56 Å². The predicted molar refractivity (Wildman–Crippen MR) is 77.0 cm³/mol. The number of carbonyl (C=O) groups is 2. The number of nitrogens with zero attached hydrogens (tertiary/aromatic N) is 1. The van der Waals surface area contributed by atoms with Gasteiger partial charge in [0.1, 0.15) is 0 Å². The molecule has 0 saturated carbocycles. The second-order valence-corrected chi connectivity index (χ2v) is 5.20. The van der Waals surface area contributed by atoms with Gasteiger partial charge in [0, 0.05) is 19.5 Å². The van der Waals surface area contributed by atoms with Crippen molar-refractivity contribution < 1.29 is 19.4 Å². The van der Waals surface area contributed by atoms with Crippen LogP contribution in [0.2, 0.25) is 0 Å². The minimum absolute atomic E-state index is 0.0764. The van der Waals surface area contributed by atoms with Gasteiger partial charge < -0.3 is 9.84 Å². The van der Waals surface area contributed by atoms with Crippen LogP contribution in [-0.4, -0.2) is 42.0 Å². The Bertz CT molecular complexity index is 559. The van der Waals surface area contributed by atoms with Crippen molar-refractivity contribution in [3.8, 4) is 11.5 Å². The first-order valence-corrected chi connectivity index (χ1v) is 6.87. The molecule has 2 rings (SSSR count). The number of piperidine rings is 1. The number of likely N-dealkylation sites (N-methyl/N-ethyl adjacent to an activating group) is 1. The van der Waals surface area contributed by atoms with Crippen molar-refractivity contribution in [2.24, 2.45) is 0 Å². The monoisotopic (exact) mass is 292 g/mol. The first kappa shape index (κ1) is 15.3. The van der Waals surface area contributed by atoms with Gasteiger partial charge in [0.15, 0.2) is 11.5 Å². The maximum atomic E-state index is 12.1. The van der Waals surface area contributed by atoms with Gasteiger partial charge in [0.25, 0.3) is 0 Å². The highest BCUT2D eigenvalue weighted by molar-refractivity contribution is 6.00. The molecule has 1 saturated heterocycles. The zero-order valence-electron chi connectivity index (χ0n) is 12.4. The number of ether oxygens (including phenoxy) is 1. The Morgan fingerprint density at radius 3 is 2.81 bits per heavy atom. The van der Waals surface area contributed by atoms with Gasteiger partial charge in [-0.05, 0) is 31.0 Å². The van der Waals surface area contributed by atoms with E-state index in [9.17, 15) is 14.7 Å². The highest BCUT2D eigenvalue weighted by atomic mass is 16.5. The first-order chi connectivity index (χ1) is 9.93. The Hall–Kier alpha value is -2.08. The van der Waals surface area contributed by atoms with E-state index in [2.05, 4.69) is 5.32 Å². The van der Waals surface area contributed by atoms with E-state index in [4.69, 9.17) is 4.74 Å². The molecule has 0 radical (unpaired) electrons. The maximum Gasteiger partial charge on any atom is 0.246 e. The molecule has 1 heterocycles. The third-order valence-corrected chi connectivity index (χ3v) is 3.80. The summed E-state index contributed by atoms with van der Waals surface area (Å²) in [6.45, 7) is 1.93. The summed E-state index contributed by atoms with van der Waals surface area (Å²) in [7, 11) is 2.99. The Labute approximate surface area is 123 Å². The molecule has 1 aromatic carbocycles. The van der Waals surface area contributed by atoms with Gasteiger partial charge in [-0.3, -0.25) is 19.8 Å². The van der Waals surface area contributed by atoms with Crippen LogP contribution in [0.1, 0.15) is 31.4 Å². The molecule has 2 unspecified atom stereocenters. The van der Waals surface area contributed by atoms with E-state index >= 15 is 0 Å². The van der Waals surface area contributed by atoms with Crippen molar-refractivity contribution in [3.63, 3.8) is 0 Å². The highest BCUT2D eigenvalue weighted by Gasteiger charge is 2.32. The average Bonchev–Trinajstić information content (AvgIpc) is 2.48. The Morgan fingerprint density at radius 2 is 2.14 bits per heavy atom. The summed E-state index contributed by atoms with van der Waals surface area (Å²) < 4.78 is 5.08. The van der Waals surface area contributed by atoms with Crippen LogP contribution in [0.3, 0.4) is 0 Å². The number of nitrogens with one attached hydrogen (secondary N) is 1. The highest BCUT2D eigenvalue weighted by Crippen LogP contribution is 2.29. The van der Waals surface area contributed by atoms with Gasteiger partial charge in [-0.25, -0.2) is 0 Å². The molecule has 6 heteroatoms. The number of benzene rings is 1. The number of hydrogen-bond acceptors (Lipinski definition) is 5. The number of phenolic OH excluding ortho intramolecular Hbond substituents is 1. The normalized spacial score (nSPS) is 20.5. The number of rotatable bonds is 4. The van der Waals surface area contributed by atoms with E-state index in [1.165, 1.54) is 19.1 Å². The predicted octanol–water partition coefficient (Wildman–Crippen LogP) is 1.20. The van der Waals surface area contributed by atoms with Gasteiger partial charge in [-0.1, -0.05) is 6.07 Å². The summed E-state index contributed by atoms with van der Waals surface area (Å²) in [6, 6.07) is 4.59. The lowest BCUT2D eigenvalue weighted by Crippen LogP contribution is -2.51. The van der Waals surface area contributed by atoms with Crippen molar-refractivity contribution in [1.29, 1.82) is 0 Å². The first-order valence-electron chi connectivity index (χ1n) is 6.87. The molecule has 6 nitrogen and oxygen atoms in total. The molecule has 0 bridgehead atoms. The zero-order valence-corrected chi connectivity index (χ0v) is 12.4. The number of imide groups is 1. The summed E-state index contributed by atoms with van der Waals surface area (Å²) in [5, 5.41) is 12.8.